The largest absolute Gasteiger partial charge is 0.456 e. The van der Waals surface area contributed by atoms with Crippen LogP contribution in [0.1, 0.15) is 6.85 Å². The van der Waals surface area contributed by atoms with Crippen molar-refractivity contribution in [1.82, 2.24) is 0 Å². The molecule has 3 heteroatoms. The quantitative estimate of drug-likeness (QED) is 0.121. The Morgan fingerprint density at radius 2 is 0.376 bits per heavy atom. The van der Waals surface area contributed by atoms with E-state index in [9.17, 15) is 0 Å². The highest BCUT2D eigenvalue weighted by Crippen LogP contribution is 2.52. The Morgan fingerprint density at radius 1 is 0.128 bits per heavy atom. The number of hydrogen-bond donors (Lipinski definition) is 0. The van der Waals surface area contributed by atoms with E-state index in [0.29, 0.717) is 5.56 Å². The SMILES string of the molecule is [2H]c1c([2H])c([2H])c(-c2c3ccccc3c(-c3ccc(-c4c(-c5ccccc5)ccc5oc6ccccc6c45)cc3)c3ccccc23)c([2H])c1[2H].c1ccc(-c2c3ccccc3c(-c3ccc(-c4cccc5oc6ccccc6c45)cc3)c3ccccc23)cc1.c1ccc(-c2cccc3oc4cccc(-c5ccc(-c6c7ccccc7c(-c7cccc8ccccc78)c7ccccc67)cc5)c4c23)cc1. The maximum absolute atomic E-state index is 8.84. The van der Waals surface area contributed by atoms with E-state index in [0.717, 1.165) is 115 Å². The van der Waals surface area contributed by atoms with Gasteiger partial charge in [0, 0.05) is 37.9 Å². The number of para-hydroxylation sites is 2. The monoisotopic (exact) mass is 1700 g/mol. The van der Waals surface area contributed by atoms with Gasteiger partial charge in [-0.2, -0.15) is 0 Å². The molecule has 27 aromatic rings. The van der Waals surface area contributed by atoms with E-state index < -0.39 is 6.04 Å². The van der Waals surface area contributed by atoms with Crippen molar-refractivity contribution in [3.63, 3.8) is 0 Å². The molecule has 0 unspecified atom stereocenters. The molecule has 3 aromatic heterocycles. The molecule has 0 bridgehead atoms. The lowest BCUT2D eigenvalue weighted by Gasteiger charge is -2.19. The zero-order valence-corrected chi connectivity index (χ0v) is 72.2. The molecular formula is C130H82O3. The van der Waals surface area contributed by atoms with Crippen LogP contribution in [0.2, 0.25) is 0 Å². The fourth-order valence-electron chi connectivity index (χ4n) is 21.0. The highest BCUT2D eigenvalue weighted by molar-refractivity contribution is 6.27. The summed E-state index contributed by atoms with van der Waals surface area (Å²) < 4.78 is 61.6. The first kappa shape index (κ1) is 72.5. The summed E-state index contributed by atoms with van der Waals surface area (Å²) in [5, 5.41) is 23.0. The van der Waals surface area contributed by atoms with Crippen LogP contribution >= 0.6 is 0 Å². The summed E-state index contributed by atoms with van der Waals surface area (Å²) in [4.78, 5) is 0. The molecular weight excluding hydrogens is 1610 g/mol. The van der Waals surface area contributed by atoms with Crippen LogP contribution in [0.3, 0.4) is 0 Å². The number of benzene rings is 24. The zero-order valence-electron chi connectivity index (χ0n) is 77.2. The van der Waals surface area contributed by atoms with Gasteiger partial charge in [-0.25, -0.2) is 0 Å². The molecule has 0 aliphatic rings. The lowest BCUT2D eigenvalue weighted by Crippen LogP contribution is -1.91. The van der Waals surface area contributed by atoms with E-state index in [1.165, 1.54) is 137 Å². The van der Waals surface area contributed by atoms with Gasteiger partial charge >= 0.3 is 0 Å². The first-order valence-electron chi connectivity index (χ1n) is 47.8. The minimum Gasteiger partial charge on any atom is -0.456 e. The minimum atomic E-state index is -0.399. The summed E-state index contributed by atoms with van der Waals surface area (Å²) in [6, 6.07) is 163. The molecule has 620 valence electrons. The van der Waals surface area contributed by atoms with Crippen molar-refractivity contribution in [1.29, 1.82) is 0 Å². The van der Waals surface area contributed by atoms with Gasteiger partial charge < -0.3 is 13.3 Å². The summed E-state index contributed by atoms with van der Waals surface area (Å²) in [5.41, 5.74) is 29.8. The second kappa shape index (κ2) is 33.0. The van der Waals surface area contributed by atoms with Crippen LogP contribution in [-0.2, 0) is 0 Å². The van der Waals surface area contributed by atoms with Crippen LogP contribution in [0, 0.1) is 0 Å². The molecule has 24 aromatic carbocycles. The van der Waals surface area contributed by atoms with Gasteiger partial charge in [-0.1, -0.05) is 461 Å². The van der Waals surface area contributed by atoms with Gasteiger partial charge in [-0.3, -0.25) is 0 Å². The molecule has 133 heavy (non-hydrogen) atoms. The van der Waals surface area contributed by atoms with Crippen molar-refractivity contribution in [2.75, 3.05) is 0 Å². The molecule has 0 saturated carbocycles. The van der Waals surface area contributed by atoms with Gasteiger partial charge in [-0.15, -0.1) is 0 Å². The fraction of sp³-hybridized carbons (Fsp3) is 0. The van der Waals surface area contributed by atoms with Crippen LogP contribution in [0.4, 0.5) is 0 Å². The third kappa shape index (κ3) is 13.4. The number of furan rings is 3. The minimum absolute atomic E-state index is 0.208. The third-order valence-electron chi connectivity index (χ3n) is 26.7. The maximum Gasteiger partial charge on any atom is 0.136 e. The normalized spacial score (nSPS) is 12.1. The van der Waals surface area contributed by atoms with Gasteiger partial charge in [-0.05, 0) is 229 Å². The van der Waals surface area contributed by atoms with Crippen molar-refractivity contribution in [2.45, 2.75) is 0 Å². The predicted octanol–water partition coefficient (Wildman–Crippen LogP) is 37.2. The second-order valence-electron chi connectivity index (χ2n) is 34.1. The summed E-state index contributed by atoms with van der Waals surface area (Å²) >= 11 is 0. The Morgan fingerprint density at radius 3 is 0.789 bits per heavy atom. The highest BCUT2D eigenvalue weighted by atomic mass is 16.3. The summed E-state index contributed by atoms with van der Waals surface area (Å²) in [7, 11) is 0. The predicted molar refractivity (Wildman–Crippen MR) is 563 cm³/mol. The standard InChI is InChI=1S/C48H30O.C44H28O.C38H24O/c1-2-13-32(14-3-1)36-22-11-25-43-47(36)48-37(23-12-26-44(48)49-43)33-27-29-34(30-28-33)45-39-18-6-8-20-41(39)46(42-21-9-7-19-40(42)45)38-24-10-16-31-15-4-5-17-35(31)38;1-3-13-29(14-4-1)33-27-28-40-44(38-21-11-12-22-39(38)45-40)43(33)32-25-23-31(24-26-32)42-36-19-9-7-17-34(36)41(30-15-5-2-6-16-30)35-18-8-10-20-37(35)42;1-2-11-26(12-3-1)36-29-13-4-6-15-31(29)37(32-16-7-5-14-30(32)36)27-23-21-25(22-24-27)28-18-10-20-35-38(28)33-17-8-9-19-34(33)39-35/h1-30H;1-28H;1-24H/i;2D,5D,6D,15D,16D;. The lowest BCUT2D eigenvalue weighted by atomic mass is 9.84. The smallest absolute Gasteiger partial charge is 0.136 e. The van der Waals surface area contributed by atoms with Gasteiger partial charge in [0.25, 0.3) is 0 Å². The Bertz CT molecular complexity index is 9350. The van der Waals surface area contributed by atoms with Crippen LogP contribution in [0.5, 0.6) is 0 Å². The van der Waals surface area contributed by atoms with Crippen LogP contribution < -0.4 is 0 Å². The average molecular weight is 1700 g/mol. The van der Waals surface area contributed by atoms with Crippen molar-refractivity contribution in [3.05, 3.63) is 497 Å². The van der Waals surface area contributed by atoms with Gasteiger partial charge in [0.15, 0.2) is 0 Å². The van der Waals surface area contributed by atoms with Crippen LogP contribution in [0.15, 0.2) is 511 Å². The van der Waals surface area contributed by atoms with Crippen LogP contribution in [-0.4, -0.2) is 0 Å². The molecule has 27 rings (SSSR count). The molecule has 0 radical (unpaired) electrons. The first-order valence-corrected chi connectivity index (χ1v) is 45.3. The molecule has 0 atom stereocenters. The lowest BCUT2D eigenvalue weighted by molar-refractivity contribution is 0.668. The van der Waals surface area contributed by atoms with E-state index >= 15 is 0 Å². The van der Waals surface area contributed by atoms with Gasteiger partial charge in [0.05, 0.1) is 6.85 Å². The third-order valence-corrected chi connectivity index (χ3v) is 26.7. The van der Waals surface area contributed by atoms with Crippen molar-refractivity contribution < 1.29 is 20.1 Å². The molecule has 0 amide bonds. The van der Waals surface area contributed by atoms with E-state index in [4.69, 9.17) is 20.1 Å². The van der Waals surface area contributed by atoms with Crippen molar-refractivity contribution >= 4 is 141 Å². The Labute approximate surface area is 775 Å². The average Bonchev–Trinajstić information content (AvgIpc) is 1.08. The molecule has 0 aliphatic heterocycles. The molecule has 0 fully saturated rings. The number of hydrogen-bond acceptors (Lipinski definition) is 3. The van der Waals surface area contributed by atoms with E-state index in [2.05, 4.69) is 394 Å². The molecule has 3 nitrogen and oxygen atoms in total. The molecule has 0 N–H and O–H groups in total. The Balaban J connectivity index is 0.000000111. The number of fused-ring (bicyclic) bond motifs is 16. The Kier molecular flexibility index (Phi) is 18.0. The molecule has 0 saturated heterocycles. The van der Waals surface area contributed by atoms with E-state index in [1.807, 2.05) is 72.8 Å². The van der Waals surface area contributed by atoms with E-state index in [1.54, 1.807) is 0 Å². The fourth-order valence-corrected chi connectivity index (χ4v) is 21.0. The van der Waals surface area contributed by atoms with Crippen molar-refractivity contribution in [3.8, 4) is 122 Å². The molecule has 0 aliphatic carbocycles. The molecule has 0 spiro atoms. The second-order valence-corrected chi connectivity index (χ2v) is 34.1. The van der Waals surface area contributed by atoms with Gasteiger partial charge in [0.1, 0.15) is 33.5 Å². The van der Waals surface area contributed by atoms with Crippen molar-refractivity contribution in [2.24, 2.45) is 0 Å². The highest BCUT2D eigenvalue weighted by Gasteiger charge is 2.26. The number of rotatable bonds is 11. The topological polar surface area (TPSA) is 39.4 Å². The van der Waals surface area contributed by atoms with Gasteiger partial charge in [0.2, 0.25) is 0 Å². The first-order chi connectivity index (χ1) is 68.1. The maximum atomic E-state index is 8.84. The summed E-state index contributed by atoms with van der Waals surface area (Å²) in [6.07, 6.45) is 0. The summed E-state index contributed by atoms with van der Waals surface area (Å²) in [5.74, 6) is 0. The Hall–Kier alpha value is -17.5. The van der Waals surface area contributed by atoms with Crippen LogP contribution in [0.25, 0.3) is 264 Å². The molecule has 3 heterocycles. The summed E-state index contributed by atoms with van der Waals surface area (Å²) in [6.45, 7) is 0. The van der Waals surface area contributed by atoms with E-state index in [-0.39, 0.29) is 29.7 Å². The zero-order chi connectivity index (χ0) is 92.2.